The summed E-state index contributed by atoms with van der Waals surface area (Å²) in [4.78, 5) is 34.9. The topological polar surface area (TPSA) is 95.3 Å². The molecular weight excluding hydrogens is 465 g/mol. The molecule has 1 aliphatic heterocycles. The van der Waals surface area contributed by atoms with Crippen LogP contribution in [0.1, 0.15) is 55.4 Å². The molecule has 174 valence electrons. The van der Waals surface area contributed by atoms with E-state index < -0.39 is 0 Å². The van der Waals surface area contributed by atoms with Crippen LogP contribution in [0.25, 0.3) is 0 Å². The van der Waals surface area contributed by atoms with Crippen molar-refractivity contribution >= 4 is 34.2 Å². The summed E-state index contributed by atoms with van der Waals surface area (Å²) in [5, 5.41) is 5.10. The molecule has 0 atom stereocenters. The van der Waals surface area contributed by atoms with Crippen molar-refractivity contribution < 1.29 is 4.52 Å². The lowest BCUT2D eigenvalue weighted by Gasteiger charge is -2.19. The normalized spacial score (nSPS) is 13.1. The standard InChI is InChI=1S/C23H25Cl2N5O3/c1-2-3-12-29-21-16(10-11-18(25)26-21)22(31)30(23(29)32)13-6-9-20-27-19(28-33-20)14-15-7-4-5-8-17(15)24/h4-5,7-8H,2-3,6,9-14H2,1H3. The minimum atomic E-state index is -0.354. The molecule has 0 bridgehead atoms. The quantitative estimate of drug-likeness (QED) is 0.446. The van der Waals surface area contributed by atoms with Gasteiger partial charge in [0, 0.05) is 37.4 Å². The van der Waals surface area contributed by atoms with Crippen LogP contribution < -0.4 is 11.2 Å². The zero-order chi connectivity index (χ0) is 23.4. The summed E-state index contributed by atoms with van der Waals surface area (Å²) in [6, 6.07) is 7.51. The maximum atomic E-state index is 13.1. The van der Waals surface area contributed by atoms with Gasteiger partial charge in [0.15, 0.2) is 5.82 Å². The number of hydrogen-bond acceptors (Lipinski definition) is 6. The van der Waals surface area contributed by atoms with E-state index >= 15 is 0 Å². The Morgan fingerprint density at radius 1 is 1.06 bits per heavy atom. The summed E-state index contributed by atoms with van der Waals surface area (Å²) in [5.41, 5.74) is 0.824. The Morgan fingerprint density at radius 3 is 2.64 bits per heavy atom. The SMILES string of the molecule is CCCCn1c2c(c(=O)n(CCCc3nc(Cc4ccccc4Cl)no3)c1=O)CCC(Cl)=N2. The van der Waals surface area contributed by atoms with E-state index in [1.54, 1.807) is 4.57 Å². The number of aromatic nitrogens is 4. The van der Waals surface area contributed by atoms with E-state index in [1.807, 2.05) is 31.2 Å². The van der Waals surface area contributed by atoms with Crippen molar-refractivity contribution in [3.05, 3.63) is 73.0 Å². The first-order valence-electron chi connectivity index (χ1n) is 11.1. The highest BCUT2D eigenvalue weighted by Crippen LogP contribution is 2.23. The van der Waals surface area contributed by atoms with Gasteiger partial charge in [-0.25, -0.2) is 9.79 Å². The molecule has 3 aromatic rings. The fourth-order valence-electron chi connectivity index (χ4n) is 3.87. The van der Waals surface area contributed by atoms with Gasteiger partial charge in [-0.3, -0.25) is 13.9 Å². The highest BCUT2D eigenvalue weighted by Gasteiger charge is 2.22. The predicted molar refractivity (Wildman–Crippen MR) is 128 cm³/mol. The second kappa shape index (κ2) is 10.5. The second-order valence-corrected chi connectivity index (χ2v) is 8.85. The van der Waals surface area contributed by atoms with Crippen LogP contribution in [0.5, 0.6) is 0 Å². The van der Waals surface area contributed by atoms with E-state index in [0.717, 1.165) is 18.4 Å². The van der Waals surface area contributed by atoms with Crippen LogP contribution >= 0.6 is 23.2 Å². The summed E-state index contributed by atoms with van der Waals surface area (Å²) >= 11 is 12.3. The third-order valence-corrected chi connectivity index (χ3v) is 6.27. The molecule has 0 N–H and O–H groups in total. The van der Waals surface area contributed by atoms with Crippen molar-refractivity contribution in [2.75, 3.05) is 0 Å². The number of aliphatic imine (C=N–C) groups is 1. The summed E-state index contributed by atoms with van der Waals surface area (Å²) in [5.74, 6) is 1.42. The van der Waals surface area contributed by atoms with Crippen LogP contribution in [0.3, 0.4) is 0 Å². The Morgan fingerprint density at radius 2 is 1.85 bits per heavy atom. The monoisotopic (exact) mass is 489 g/mol. The average molecular weight is 490 g/mol. The Balaban J connectivity index is 1.49. The molecule has 0 radical (unpaired) electrons. The fraction of sp³-hybridized carbons (Fsp3) is 0.435. The van der Waals surface area contributed by atoms with Crippen LogP contribution in [-0.2, 0) is 32.4 Å². The minimum Gasteiger partial charge on any atom is -0.339 e. The first-order chi connectivity index (χ1) is 16.0. The highest BCUT2D eigenvalue weighted by molar-refractivity contribution is 6.65. The van der Waals surface area contributed by atoms with Gasteiger partial charge in [0.1, 0.15) is 11.0 Å². The molecule has 0 amide bonds. The Bertz CT molecular complexity index is 1290. The number of benzene rings is 1. The Labute approximate surface area is 200 Å². The van der Waals surface area contributed by atoms with Crippen LogP contribution in [0, 0.1) is 0 Å². The van der Waals surface area contributed by atoms with Crippen molar-refractivity contribution in [3.63, 3.8) is 0 Å². The number of unbranched alkanes of at least 4 members (excludes halogenated alkanes) is 1. The van der Waals surface area contributed by atoms with Crippen molar-refractivity contribution in [2.45, 2.75) is 65.0 Å². The summed E-state index contributed by atoms with van der Waals surface area (Å²) in [6.07, 6.45) is 4.17. The van der Waals surface area contributed by atoms with Gasteiger partial charge in [0.2, 0.25) is 5.89 Å². The van der Waals surface area contributed by atoms with Gasteiger partial charge >= 0.3 is 5.69 Å². The first-order valence-corrected chi connectivity index (χ1v) is 11.9. The summed E-state index contributed by atoms with van der Waals surface area (Å²) in [6.45, 7) is 2.81. The average Bonchev–Trinajstić information content (AvgIpc) is 3.24. The van der Waals surface area contributed by atoms with E-state index in [1.165, 1.54) is 4.57 Å². The van der Waals surface area contributed by atoms with Crippen molar-refractivity contribution in [3.8, 4) is 0 Å². The molecule has 33 heavy (non-hydrogen) atoms. The number of nitrogens with zero attached hydrogens (tertiary/aromatic N) is 5. The smallest absolute Gasteiger partial charge is 0.332 e. The molecular formula is C23H25Cl2N5O3. The maximum Gasteiger partial charge on any atom is 0.332 e. The van der Waals surface area contributed by atoms with E-state index in [2.05, 4.69) is 15.1 Å². The molecule has 1 aliphatic rings. The molecule has 10 heteroatoms. The maximum absolute atomic E-state index is 13.1. The Kier molecular flexibility index (Phi) is 7.45. The first kappa shape index (κ1) is 23.4. The molecule has 1 aromatic carbocycles. The van der Waals surface area contributed by atoms with Gasteiger partial charge in [-0.2, -0.15) is 4.98 Å². The fourth-order valence-corrected chi connectivity index (χ4v) is 4.25. The van der Waals surface area contributed by atoms with E-state index in [0.29, 0.717) is 71.9 Å². The molecule has 0 fully saturated rings. The number of halogens is 2. The zero-order valence-corrected chi connectivity index (χ0v) is 19.9. The molecule has 0 spiro atoms. The molecule has 2 aromatic heterocycles. The largest absolute Gasteiger partial charge is 0.339 e. The molecule has 4 rings (SSSR count). The van der Waals surface area contributed by atoms with Crippen molar-refractivity contribution in [1.29, 1.82) is 0 Å². The van der Waals surface area contributed by atoms with Crippen LogP contribution in [-0.4, -0.2) is 24.4 Å². The van der Waals surface area contributed by atoms with Gasteiger partial charge in [-0.1, -0.05) is 59.9 Å². The van der Waals surface area contributed by atoms with Crippen LogP contribution in [0.15, 0.2) is 43.4 Å². The van der Waals surface area contributed by atoms with Crippen molar-refractivity contribution in [2.24, 2.45) is 4.99 Å². The van der Waals surface area contributed by atoms with Crippen LogP contribution in [0.4, 0.5) is 5.82 Å². The van der Waals surface area contributed by atoms with Gasteiger partial charge in [0.05, 0.1) is 5.56 Å². The zero-order valence-electron chi connectivity index (χ0n) is 18.4. The lowest BCUT2D eigenvalue weighted by Crippen LogP contribution is -2.42. The van der Waals surface area contributed by atoms with Crippen LogP contribution in [0.2, 0.25) is 5.02 Å². The molecule has 3 heterocycles. The molecule has 0 saturated heterocycles. The van der Waals surface area contributed by atoms with Gasteiger partial charge in [-0.05, 0) is 30.9 Å². The van der Waals surface area contributed by atoms with Crippen molar-refractivity contribution in [1.82, 2.24) is 19.3 Å². The molecule has 8 nitrogen and oxygen atoms in total. The predicted octanol–water partition coefficient (Wildman–Crippen LogP) is 4.29. The number of hydrogen-bond donors (Lipinski definition) is 0. The summed E-state index contributed by atoms with van der Waals surface area (Å²) < 4.78 is 8.22. The van der Waals surface area contributed by atoms with Gasteiger partial charge in [-0.15, -0.1) is 0 Å². The molecule has 0 aliphatic carbocycles. The lowest BCUT2D eigenvalue weighted by atomic mass is 10.1. The number of fused-ring (bicyclic) bond motifs is 1. The van der Waals surface area contributed by atoms with Gasteiger partial charge < -0.3 is 4.52 Å². The summed E-state index contributed by atoms with van der Waals surface area (Å²) in [7, 11) is 0. The third-order valence-electron chi connectivity index (χ3n) is 5.62. The number of aryl methyl sites for hydroxylation is 1. The Hall–Kier alpha value is -2.71. The minimum absolute atomic E-state index is 0.261. The van der Waals surface area contributed by atoms with E-state index in [9.17, 15) is 9.59 Å². The van der Waals surface area contributed by atoms with E-state index in [-0.39, 0.29) is 17.8 Å². The lowest BCUT2D eigenvalue weighted by molar-refractivity contribution is 0.366. The third kappa shape index (κ3) is 5.28. The van der Waals surface area contributed by atoms with Gasteiger partial charge in [0.25, 0.3) is 5.56 Å². The number of rotatable bonds is 9. The van der Waals surface area contributed by atoms with E-state index in [4.69, 9.17) is 27.7 Å². The molecule has 0 unspecified atom stereocenters. The highest BCUT2D eigenvalue weighted by atomic mass is 35.5. The molecule has 0 saturated carbocycles. The second-order valence-electron chi connectivity index (χ2n) is 8.01.